The predicted molar refractivity (Wildman–Crippen MR) is 85.6 cm³/mol. The van der Waals surface area contributed by atoms with Crippen molar-refractivity contribution in [1.29, 1.82) is 0 Å². The number of anilines is 1. The minimum Gasteiger partial charge on any atom is -0.383 e. The van der Waals surface area contributed by atoms with E-state index in [1.807, 2.05) is 13.0 Å². The van der Waals surface area contributed by atoms with Gasteiger partial charge < -0.3 is 10.5 Å². The molecule has 21 heavy (non-hydrogen) atoms. The number of rotatable bonds is 8. The molecule has 0 bridgehead atoms. The lowest BCUT2D eigenvalue weighted by Gasteiger charge is -2.12. The summed E-state index contributed by atoms with van der Waals surface area (Å²) >= 11 is 0. The Bertz CT molecular complexity index is 591. The number of hydrogen-bond acceptors (Lipinski definition) is 4. The Balaban J connectivity index is 2.08. The molecule has 2 aromatic heterocycles. The van der Waals surface area contributed by atoms with E-state index in [1.54, 1.807) is 4.52 Å². The van der Waals surface area contributed by atoms with Crippen LogP contribution in [0.2, 0.25) is 0 Å². The molecule has 0 aliphatic rings. The van der Waals surface area contributed by atoms with E-state index < -0.39 is 0 Å². The normalized spacial score (nSPS) is 11.4. The molecular formula is C16H26N4O. The van der Waals surface area contributed by atoms with E-state index in [1.165, 1.54) is 6.42 Å². The van der Waals surface area contributed by atoms with Gasteiger partial charge in [0, 0.05) is 30.5 Å². The average molecular weight is 290 g/mol. The first-order valence-corrected chi connectivity index (χ1v) is 7.88. The summed E-state index contributed by atoms with van der Waals surface area (Å²) in [6, 6.07) is 1.97. The maximum Gasteiger partial charge on any atom is 0.157 e. The molecule has 5 heteroatoms. The van der Waals surface area contributed by atoms with Crippen molar-refractivity contribution in [2.45, 2.75) is 52.9 Å². The molecule has 0 radical (unpaired) electrons. The number of ether oxygens (including phenoxy) is 1. The van der Waals surface area contributed by atoms with Gasteiger partial charge in [0.15, 0.2) is 5.65 Å². The van der Waals surface area contributed by atoms with Crippen molar-refractivity contribution >= 4 is 11.5 Å². The second-order valence-electron chi connectivity index (χ2n) is 5.40. The van der Waals surface area contributed by atoms with E-state index >= 15 is 0 Å². The molecule has 0 unspecified atom stereocenters. The van der Waals surface area contributed by atoms with E-state index in [2.05, 4.69) is 23.9 Å². The van der Waals surface area contributed by atoms with Gasteiger partial charge in [0.05, 0.1) is 5.69 Å². The Morgan fingerprint density at radius 1 is 1.24 bits per heavy atom. The van der Waals surface area contributed by atoms with Crippen LogP contribution in [0.3, 0.4) is 0 Å². The highest BCUT2D eigenvalue weighted by Gasteiger charge is 2.13. The molecule has 0 atom stereocenters. The van der Waals surface area contributed by atoms with Crippen molar-refractivity contribution in [2.75, 3.05) is 18.9 Å². The number of hydrogen-bond donors (Lipinski definition) is 1. The molecule has 0 aliphatic carbocycles. The number of nitrogens with two attached hydrogens (primary N) is 1. The molecule has 2 N–H and O–H groups in total. The number of nitrogen functional groups attached to an aromatic ring is 1. The van der Waals surface area contributed by atoms with Crippen molar-refractivity contribution in [2.24, 2.45) is 0 Å². The number of fused-ring (bicyclic) bond motifs is 1. The molecule has 5 nitrogen and oxygen atoms in total. The lowest BCUT2D eigenvalue weighted by Crippen LogP contribution is -2.10. The van der Waals surface area contributed by atoms with Crippen LogP contribution in [-0.4, -0.2) is 27.8 Å². The molecule has 2 rings (SSSR count). The van der Waals surface area contributed by atoms with E-state index in [9.17, 15) is 0 Å². The van der Waals surface area contributed by atoms with Crippen molar-refractivity contribution in [3.8, 4) is 0 Å². The first-order valence-electron chi connectivity index (χ1n) is 7.88. The summed E-state index contributed by atoms with van der Waals surface area (Å²) in [6.45, 7) is 7.87. The van der Waals surface area contributed by atoms with Gasteiger partial charge in [-0.25, -0.2) is 4.98 Å². The van der Waals surface area contributed by atoms with Crippen molar-refractivity contribution in [3.63, 3.8) is 0 Å². The van der Waals surface area contributed by atoms with Gasteiger partial charge in [0.1, 0.15) is 5.82 Å². The van der Waals surface area contributed by atoms with Crippen molar-refractivity contribution in [1.82, 2.24) is 14.6 Å². The molecule has 0 aromatic carbocycles. The lowest BCUT2D eigenvalue weighted by molar-refractivity contribution is 0.129. The summed E-state index contributed by atoms with van der Waals surface area (Å²) in [4.78, 5) is 4.68. The maximum absolute atomic E-state index is 6.29. The highest BCUT2D eigenvalue weighted by molar-refractivity contribution is 5.53. The van der Waals surface area contributed by atoms with Crippen LogP contribution in [-0.2, 0) is 17.6 Å². The Morgan fingerprint density at radius 3 is 2.71 bits per heavy atom. The smallest absolute Gasteiger partial charge is 0.157 e. The van der Waals surface area contributed by atoms with Gasteiger partial charge in [-0.3, -0.25) is 0 Å². The second kappa shape index (κ2) is 7.41. The van der Waals surface area contributed by atoms with Crippen LogP contribution < -0.4 is 5.73 Å². The van der Waals surface area contributed by atoms with Gasteiger partial charge in [-0.1, -0.05) is 20.3 Å². The van der Waals surface area contributed by atoms with Crippen LogP contribution in [0.4, 0.5) is 5.82 Å². The molecule has 0 amide bonds. The zero-order valence-corrected chi connectivity index (χ0v) is 13.4. The quantitative estimate of drug-likeness (QED) is 0.759. The minimum atomic E-state index is 0.721. The number of aromatic nitrogens is 3. The molecule has 0 spiro atoms. The third-order valence-electron chi connectivity index (χ3n) is 3.64. The second-order valence-corrected chi connectivity index (χ2v) is 5.40. The Morgan fingerprint density at radius 2 is 2.00 bits per heavy atom. The summed E-state index contributed by atoms with van der Waals surface area (Å²) in [7, 11) is 0. The predicted octanol–water partition coefficient (Wildman–Crippen LogP) is 2.93. The van der Waals surface area contributed by atoms with Gasteiger partial charge in [0.25, 0.3) is 0 Å². The van der Waals surface area contributed by atoms with Crippen LogP contribution in [0.15, 0.2) is 6.07 Å². The molecule has 0 aliphatic heterocycles. The summed E-state index contributed by atoms with van der Waals surface area (Å²) in [5, 5.41) is 4.42. The molecule has 0 saturated carbocycles. The maximum atomic E-state index is 6.29. The van der Waals surface area contributed by atoms with Gasteiger partial charge in [-0.15, -0.1) is 0 Å². The Hall–Kier alpha value is -1.62. The van der Waals surface area contributed by atoms with Crippen LogP contribution >= 0.6 is 0 Å². The minimum absolute atomic E-state index is 0.721. The zero-order valence-electron chi connectivity index (χ0n) is 13.4. The Labute approximate surface area is 126 Å². The fraction of sp³-hybridized carbons (Fsp3) is 0.625. The number of unbranched alkanes of at least 4 members (excludes halogenated alkanes) is 1. The van der Waals surface area contributed by atoms with E-state index in [-0.39, 0.29) is 0 Å². The highest BCUT2D eigenvalue weighted by Crippen LogP contribution is 2.20. The van der Waals surface area contributed by atoms with Gasteiger partial charge in [-0.05, 0) is 32.6 Å². The van der Waals surface area contributed by atoms with Crippen molar-refractivity contribution in [3.05, 3.63) is 23.0 Å². The zero-order chi connectivity index (χ0) is 15.2. The average Bonchev–Trinajstić information content (AvgIpc) is 2.85. The van der Waals surface area contributed by atoms with Crippen LogP contribution in [0.1, 0.15) is 50.1 Å². The summed E-state index contributed by atoms with van der Waals surface area (Å²) in [5.41, 5.74) is 10.3. The summed E-state index contributed by atoms with van der Waals surface area (Å²) < 4.78 is 7.37. The van der Waals surface area contributed by atoms with Crippen LogP contribution in [0, 0.1) is 6.92 Å². The number of aryl methyl sites for hydroxylation is 2. The summed E-state index contributed by atoms with van der Waals surface area (Å²) in [6.07, 6.45) is 5.04. The Kier molecular flexibility index (Phi) is 5.56. The van der Waals surface area contributed by atoms with Crippen LogP contribution in [0.5, 0.6) is 0 Å². The van der Waals surface area contributed by atoms with Gasteiger partial charge >= 0.3 is 0 Å². The van der Waals surface area contributed by atoms with Crippen molar-refractivity contribution < 1.29 is 4.74 Å². The first-order chi connectivity index (χ1) is 10.2. The topological polar surface area (TPSA) is 65.4 Å². The first kappa shape index (κ1) is 15.8. The largest absolute Gasteiger partial charge is 0.383 e. The standard InChI is InChI=1S/C16H26N4O/c1-4-6-9-21-10-7-8-13-14(5-2)18-15-11-12(3)19-20(15)16(13)17/h11H,4-10,17H2,1-3H3. The highest BCUT2D eigenvalue weighted by atomic mass is 16.5. The fourth-order valence-corrected chi connectivity index (χ4v) is 2.49. The molecule has 116 valence electrons. The van der Waals surface area contributed by atoms with E-state index in [0.29, 0.717) is 0 Å². The van der Waals surface area contributed by atoms with Gasteiger partial charge in [-0.2, -0.15) is 9.61 Å². The molecular weight excluding hydrogens is 264 g/mol. The molecule has 2 heterocycles. The van der Waals surface area contributed by atoms with Crippen LogP contribution in [0.25, 0.3) is 5.65 Å². The SMILES string of the molecule is CCCCOCCCc1c(CC)nc2cc(C)nn2c1N. The van der Waals surface area contributed by atoms with E-state index in [4.69, 9.17) is 10.5 Å². The fourth-order valence-electron chi connectivity index (χ4n) is 2.49. The van der Waals surface area contributed by atoms with E-state index in [0.717, 1.165) is 67.3 Å². The lowest BCUT2D eigenvalue weighted by atomic mass is 10.1. The molecule has 2 aromatic rings. The van der Waals surface area contributed by atoms with Gasteiger partial charge in [0.2, 0.25) is 0 Å². The third kappa shape index (κ3) is 3.73. The monoisotopic (exact) mass is 290 g/mol. The molecule has 0 fully saturated rings. The summed E-state index contributed by atoms with van der Waals surface area (Å²) in [5.74, 6) is 0.721. The number of nitrogens with zero attached hydrogens (tertiary/aromatic N) is 3. The third-order valence-corrected chi connectivity index (χ3v) is 3.64. The molecule has 0 saturated heterocycles.